The molecule has 0 aliphatic heterocycles. The van der Waals surface area contributed by atoms with E-state index in [2.05, 4.69) is 15.2 Å². The van der Waals surface area contributed by atoms with Gasteiger partial charge in [0.15, 0.2) is 0 Å². The van der Waals surface area contributed by atoms with Gasteiger partial charge in [-0.3, -0.25) is 10.1 Å². The van der Waals surface area contributed by atoms with Crippen LogP contribution in [0.25, 0.3) is 10.9 Å². The van der Waals surface area contributed by atoms with Crippen LogP contribution in [0.5, 0.6) is 0 Å². The average Bonchev–Trinajstić information content (AvgIpc) is 2.68. The van der Waals surface area contributed by atoms with Gasteiger partial charge in [-0.15, -0.1) is 0 Å². The van der Waals surface area contributed by atoms with Crippen molar-refractivity contribution in [3.63, 3.8) is 0 Å². The van der Waals surface area contributed by atoms with E-state index in [0.29, 0.717) is 0 Å². The molecule has 0 bridgehead atoms. The maximum atomic E-state index is 4.18. The van der Waals surface area contributed by atoms with Gasteiger partial charge in [-0.25, -0.2) is 0 Å². The molecule has 2 aromatic rings. The summed E-state index contributed by atoms with van der Waals surface area (Å²) in [5.74, 6) is 0. The lowest BCUT2D eigenvalue weighted by molar-refractivity contribution is 1.07. The molecule has 15 heavy (non-hydrogen) atoms. The second-order valence-electron chi connectivity index (χ2n) is 2.64. The summed E-state index contributed by atoms with van der Waals surface area (Å²) in [6.07, 6.45) is 1.78. The second-order valence-corrected chi connectivity index (χ2v) is 2.64. The Balaban J connectivity index is 0.000000442. The summed E-state index contributed by atoms with van der Waals surface area (Å²) in [6, 6.07) is 1.91. The number of aryl methyl sites for hydroxylation is 2. The fourth-order valence-corrected chi connectivity index (χ4v) is 1.31. The molecule has 0 fully saturated rings. The molecule has 0 aliphatic rings. The molecule has 0 radical (unpaired) electrons. The maximum Gasteiger partial charge on any atom is 0.0957 e. The minimum absolute atomic E-state index is 0.995. The number of hydrogen-bond acceptors (Lipinski definition) is 2. The number of hydrogen-bond donors (Lipinski definition) is 1. The van der Waals surface area contributed by atoms with Crippen molar-refractivity contribution in [1.82, 2.24) is 15.2 Å². The third-order valence-corrected chi connectivity index (χ3v) is 1.84. The quantitative estimate of drug-likeness (QED) is 0.716. The van der Waals surface area contributed by atoms with Gasteiger partial charge in [0, 0.05) is 23.0 Å². The number of nitrogens with one attached hydrogen (secondary N) is 1. The summed E-state index contributed by atoms with van der Waals surface area (Å²) in [4.78, 5) is 4.18. The lowest BCUT2D eigenvalue weighted by Crippen LogP contribution is -1.81. The van der Waals surface area contributed by atoms with Crippen LogP contribution in [0.4, 0.5) is 0 Å². The van der Waals surface area contributed by atoms with E-state index in [1.165, 1.54) is 0 Å². The van der Waals surface area contributed by atoms with Gasteiger partial charge in [-0.1, -0.05) is 27.7 Å². The Morgan fingerprint density at radius 2 is 1.67 bits per heavy atom. The Labute approximate surface area is 91.9 Å². The van der Waals surface area contributed by atoms with Gasteiger partial charge in [0.2, 0.25) is 0 Å². The first-order chi connectivity index (χ1) is 7.29. The van der Waals surface area contributed by atoms with Crippen LogP contribution in [-0.4, -0.2) is 15.2 Å². The standard InChI is InChI=1S/C8H9N3.2C2H6/c1-5-8-6(2)10-11-7(8)3-4-9-5;2*1-2/h3-4H,1-2H3,(H,10,11);2*1-2H3. The minimum Gasteiger partial charge on any atom is -0.282 e. The van der Waals surface area contributed by atoms with Gasteiger partial charge in [0.25, 0.3) is 0 Å². The first kappa shape index (κ1) is 13.6. The third kappa shape index (κ3) is 3.05. The second kappa shape index (κ2) is 6.98. The monoisotopic (exact) mass is 207 g/mol. The highest BCUT2D eigenvalue weighted by atomic mass is 15.1. The summed E-state index contributed by atoms with van der Waals surface area (Å²) < 4.78 is 0. The van der Waals surface area contributed by atoms with E-state index in [1.807, 2.05) is 47.6 Å². The van der Waals surface area contributed by atoms with Crippen molar-refractivity contribution in [2.24, 2.45) is 0 Å². The molecule has 3 heteroatoms. The predicted molar refractivity (Wildman–Crippen MR) is 66.1 cm³/mol. The molecule has 0 atom stereocenters. The van der Waals surface area contributed by atoms with Gasteiger partial charge in [0.05, 0.1) is 5.52 Å². The molecule has 0 unspecified atom stereocenters. The van der Waals surface area contributed by atoms with Crippen LogP contribution in [-0.2, 0) is 0 Å². The first-order valence-corrected chi connectivity index (χ1v) is 5.55. The lowest BCUT2D eigenvalue weighted by atomic mass is 10.2. The number of fused-ring (bicyclic) bond motifs is 1. The van der Waals surface area contributed by atoms with Crippen molar-refractivity contribution in [1.29, 1.82) is 0 Å². The van der Waals surface area contributed by atoms with Gasteiger partial charge >= 0.3 is 0 Å². The molecule has 0 spiro atoms. The Kier molecular flexibility index (Phi) is 6.34. The zero-order valence-corrected chi connectivity index (χ0v) is 10.5. The number of nitrogens with zero attached hydrogens (tertiary/aromatic N) is 2. The van der Waals surface area contributed by atoms with Crippen molar-refractivity contribution < 1.29 is 0 Å². The van der Waals surface area contributed by atoms with Gasteiger partial charge in [-0.05, 0) is 19.9 Å². The SMILES string of the molecule is CC.CC.Cc1nccc2n[nH]c(C)c12. The van der Waals surface area contributed by atoms with Crippen LogP contribution in [0.15, 0.2) is 12.3 Å². The number of rotatable bonds is 0. The highest BCUT2D eigenvalue weighted by Crippen LogP contribution is 2.16. The summed E-state index contributed by atoms with van der Waals surface area (Å²) in [5.41, 5.74) is 3.12. The van der Waals surface area contributed by atoms with E-state index in [-0.39, 0.29) is 0 Å². The molecule has 0 amide bonds. The van der Waals surface area contributed by atoms with Crippen LogP contribution < -0.4 is 0 Å². The summed E-state index contributed by atoms with van der Waals surface area (Å²) in [7, 11) is 0. The highest BCUT2D eigenvalue weighted by Gasteiger charge is 2.02. The van der Waals surface area contributed by atoms with Gasteiger partial charge in [-0.2, -0.15) is 5.10 Å². The fourth-order valence-electron chi connectivity index (χ4n) is 1.31. The summed E-state index contributed by atoms with van der Waals surface area (Å²) in [5, 5.41) is 8.19. The van der Waals surface area contributed by atoms with Gasteiger partial charge in [0.1, 0.15) is 0 Å². The van der Waals surface area contributed by atoms with Crippen LogP contribution in [0, 0.1) is 13.8 Å². The van der Waals surface area contributed by atoms with E-state index >= 15 is 0 Å². The molecule has 84 valence electrons. The molecular formula is C12H21N3. The molecule has 2 heterocycles. The molecule has 0 saturated carbocycles. The molecule has 0 aliphatic carbocycles. The Hall–Kier alpha value is -1.38. The number of aromatic nitrogens is 3. The van der Waals surface area contributed by atoms with Gasteiger partial charge < -0.3 is 0 Å². The minimum atomic E-state index is 0.995. The number of H-pyrrole nitrogens is 1. The van der Waals surface area contributed by atoms with E-state index in [0.717, 1.165) is 22.3 Å². The van der Waals surface area contributed by atoms with E-state index < -0.39 is 0 Å². The molecule has 0 aromatic carbocycles. The summed E-state index contributed by atoms with van der Waals surface area (Å²) >= 11 is 0. The van der Waals surface area contributed by atoms with Crippen LogP contribution >= 0.6 is 0 Å². The number of pyridine rings is 1. The predicted octanol–water partition coefficient (Wildman–Crippen LogP) is 3.63. The van der Waals surface area contributed by atoms with Crippen LogP contribution in [0.1, 0.15) is 39.1 Å². The molecule has 2 aromatic heterocycles. The molecule has 2 rings (SSSR count). The van der Waals surface area contributed by atoms with E-state index in [4.69, 9.17) is 0 Å². The van der Waals surface area contributed by atoms with E-state index in [1.54, 1.807) is 6.20 Å². The fraction of sp³-hybridized carbons (Fsp3) is 0.500. The molecule has 0 saturated heterocycles. The van der Waals surface area contributed by atoms with Crippen molar-refractivity contribution in [3.8, 4) is 0 Å². The summed E-state index contributed by atoms with van der Waals surface area (Å²) in [6.45, 7) is 12.0. The first-order valence-electron chi connectivity index (χ1n) is 5.55. The van der Waals surface area contributed by atoms with Crippen molar-refractivity contribution >= 4 is 10.9 Å². The lowest BCUT2D eigenvalue weighted by Gasteiger charge is -1.92. The highest BCUT2D eigenvalue weighted by molar-refractivity contribution is 5.82. The van der Waals surface area contributed by atoms with Crippen molar-refractivity contribution in [2.75, 3.05) is 0 Å². The normalized spacial score (nSPS) is 8.67. The number of aromatic amines is 1. The zero-order chi connectivity index (χ0) is 11.8. The van der Waals surface area contributed by atoms with Crippen LogP contribution in [0.2, 0.25) is 0 Å². The van der Waals surface area contributed by atoms with Crippen molar-refractivity contribution in [3.05, 3.63) is 23.7 Å². The largest absolute Gasteiger partial charge is 0.282 e. The zero-order valence-electron chi connectivity index (χ0n) is 10.5. The third-order valence-electron chi connectivity index (χ3n) is 1.84. The molecular weight excluding hydrogens is 186 g/mol. The smallest absolute Gasteiger partial charge is 0.0957 e. The average molecular weight is 207 g/mol. The van der Waals surface area contributed by atoms with Crippen molar-refractivity contribution in [2.45, 2.75) is 41.5 Å². The Morgan fingerprint density at radius 1 is 1.07 bits per heavy atom. The molecule has 1 N–H and O–H groups in total. The topological polar surface area (TPSA) is 41.6 Å². The maximum absolute atomic E-state index is 4.18. The van der Waals surface area contributed by atoms with E-state index in [9.17, 15) is 0 Å². The Bertz CT molecular complexity index is 391. The Morgan fingerprint density at radius 3 is 2.20 bits per heavy atom. The molecule has 3 nitrogen and oxygen atoms in total. The van der Waals surface area contributed by atoms with Crippen LogP contribution in [0.3, 0.4) is 0 Å².